The second kappa shape index (κ2) is 11.4. The summed E-state index contributed by atoms with van der Waals surface area (Å²) in [5.74, 6) is -3.10. The molecular formula is C25H31ClF2N6O. The Morgan fingerprint density at radius 3 is 2.83 bits per heavy atom. The minimum atomic E-state index is -2.74. The first-order chi connectivity index (χ1) is 16.9. The minimum Gasteiger partial charge on any atom is -0.383 e. The normalized spacial score (nSPS) is 17.8. The van der Waals surface area contributed by atoms with Crippen molar-refractivity contribution < 1.29 is 13.5 Å². The number of anilines is 2. The fourth-order valence-corrected chi connectivity index (χ4v) is 4.66. The molecule has 2 aromatic heterocycles. The first-order valence-corrected chi connectivity index (χ1v) is 12.3. The summed E-state index contributed by atoms with van der Waals surface area (Å²) in [7, 11) is 1.67. The third kappa shape index (κ3) is 5.97. The molecule has 1 aromatic carbocycles. The van der Waals surface area contributed by atoms with E-state index >= 15 is 0 Å². The molecule has 4 rings (SSSR count). The Morgan fingerprint density at radius 2 is 2.06 bits per heavy atom. The Balaban J connectivity index is 1.64. The lowest BCUT2D eigenvalue weighted by Crippen LogP contribution is -2.33. The van der Waals surface area contributed by atoms with E-state index in [4.69, 9.17) is 21.3 Å². The van der Waals surface area contributed by atoms with Crippen molar-refractivity contribution in [1.82, 2.24) is 20.3 Å². The summed E-state index contributed by atoms with van der Waals surface area (Å²) in [6, 6.07) is 7.62. The molecule has 188 valence electrons. The molecule has 2 N–H and O–H groups in total. The number of halogens is 3. The van der Waals surface area contributed by atoms with Crippen LogP contribution in [-0.4, -0.2) is 67.3 Å². The number of aromatic nitrogens is 3. The molecule has 1 aliphatic rings. The summed E-state index contributed by atoms with van der Waals surface area (Å²) in [6.45, 7) is 5.18. The number of rotatable bonds is 9. The largest absolute Gasteiger partial charge is 0.383 e. The van der Waals surface area contributed by atoms with E-state index in [2.05, 4.69) is 32.4 Å². The van der Waals surface area contributed by atoms with Crippen molar-refractivity contribution in [1.29, 1.82) is 0 Å². The van der Waals surface area contributed by atoms with Gasteiger partial charge < -0.3 is 20.3 Å². The Morgan fingerprint density at radius 1 is 1.23 bits per heavy atom. The van der Waals surface area contributed by atoms with Gasteiger partial charge in [0.25, 0.3) is 5.92 Å². The number of pyridine rings is 1. The standard InChI is InChI=1S/C25H31ClF2N6O/c1-3-34(12-13-35-2)22-5-4-17(14-19(22)26)20-15-21-23(31-11-10-30-21)24(33-20)32-16-18-6-8-29-9-7-25(18,27)28/h4-5,10-11,14-15,18,29H,3,6-9,12-13,16H2,1-2H3,(H,32,33). The molecule has 1 fully saturated rings. The Kier molecular flexibility index (Phi) is 8.30. The summed E-state index contributed by atoms with van der Waals surface area (Å²) >= 11 is 6.66. The molecule has 0 amide bonds. The molecule has 1 saturated heterocycles. The van der Waals surface area contributed by atoms with Crippen molar-refractivity contribution in [3.63, 3.8) is 0 Å². The minimum absolute atomic E-state index is 0.0987. The molecule has 0 radical (unpaired) electrons. The van der Waals surface area contributed by atoms with Gasteiger partial charge in [0.15, 0.2) is 5.82 Å². The zero-order chi connectivity index (χ0) is 24.8. The van der Waals surface area contributed by atoms with E-state index < -0.39 is 11.8 Å². The number of nitrogens with one attached hydrogen (secondary N) is 2. The van der Waals surface area contributed by atoms with E-state index in [1.165, 1.54) is 0 Å². The fraction of sp³-hybridized carbons (Fsp3) is 0.480. The lowest BCUT2D eigenvalue weighted by molar-refractivity contribution is -0.0553. The Labute approximate surface area is 209 Å². The van der Waals surface area contributed by atoms with Gasteiger partial charge in [0.05, 0.1) is 28.5 Å². The summed E-state index contributed by atoms with van der Waals surface area (Å²) < 4.78 is 34.4. The quantitative estimate of drug-likeness (QED) is 0.431. The summed E-state index contributed by atoms with van der Waals surface area (Å²) in [4.78, 5) is 15.7. The van der Waals surface area contributed by atoms with Gasteiger partial charge in [-0.25, -0.2) is 18.7 Å². The van der Waals surface area contributed by atoms with Crippen LogP contribution >= 0.6 is 11.6 Å². The van der Waals surface area contributed by atoms with E-state index in [0.717, 1.165) is 24.3 Å². The Hall–Kier alpha value is -2.62. The van der Waals surface area contributed by atoms with Crippen LogP contribution in [0.25, 0.3) is 22.3 Å². The first kappa shape index (κ1) is 25.5. The molecule has 1 atom stereocenters. The van der Waals surface area contributed by atoms with Gasteiger partial charge in [0.2, 0.25) is 0 Å². The number of methoxy groups -OCH3 is 1. The molecule has 3 aromatic rings. The van der Waals surface area contributed by atoms with Gasteiger partial charge in [0.1, 0.15) is 5.52 Å². The van der Waals surface area contributed by atoms with Crippen molar-refractivity contribution in [2.24, 2.45) is 5.92 Å². The van der Waals surface area contributed by atoms with Crippen molar-refractivity contribution in [2.75, 3.05) is 56.7 Å². The van der Waals surface area contributed by atoms with Crippen LogP contribution in [0, 0.1) is 5.92 Å². The lowest BCUT2D eigenvalue weighted by Gasteiger charge is -2.25. The number of nitrogens with zero attached hydrogens (tertiary/aromatic N) is 4. The van der Waals surface area contributed by atoms with Gasteiger partial charge in [0, 0.05) is 63.6 Å². The van der Waals surface area contributed by atoms with Gasteiger partial charge in [-0.05, 0) is 38.1 Å². The molecule has 0 bridgehead atoms. The molecule has 1 unspecified atom stereocenters. The van der Waals surface area contributed by atoms with Crippen molar-refractivity contribution >= 4 is 34.1 Å². The highest BCUT2D eigenvalue weighted by Gasteiger charge is 2.39. The van der Waals surface area contributed by atoms with E-state index in [-0.39, 0.29) is 13.0 Å². The molecule has 1 aliphatic heterocycles. The number of alkyl halides is 2. The first-order valence-electron chi connectivity index (χ1n) is 11.9. The number of ether oxygens (including phenoxy) is 1. The van der Waals surface area contributed by atoms with E-state index in [9.17, 15) is 8.78 Å². The van der Waals surface area contributed by atoms with Crippen LogP contribution in [0.3, 0.4) is 0 Å². The molecule has 7 nitrogen and oxygen atoms in total. The number of hydrogen-bond acceptors (Lipinski definition) is 7. The second-order valence-corrected chi connectivity index (χ2v) is 9.05. The molecule has 0 saturated carbocycles. The average Bonchev–Trinajstić information content (AvgIpc) is 3.03. The molecule has 35 heavy (non-hydrogen) atoms. The van der Waals surface area contributed by atoms with Crippen molar-refractivity contribution in [3.05, 3.63) is 41.7 Å². The molecule has 3 heterocycles. The molecular weight excluding hydrogens is 474 g/mol. The molecule has 0 spiro atoms. The predicted octanol–water partition coefficient (Wildman–Crippen LogP) is 4.86. The molecule has 10 heteroatoms. The van der Waals surface area contributed by atoms with E-state index in [1.807, 2.05) is 24.3 Å². The van der Waals surface area contributed by atoms with Crippen LogP contribution in [0.1, 0.15) is 19.8 Å². The highest BCUT2D eigenvalue weighted by atomic mass is 35.5. The maximum absolute atomic E-state index is 14.6. The summed E-state index contributed by atoms with van der Waals surface area (Å²) in [5.41, 5.74) is 3.54. The van der Waals surface area contributed by atoms with Crippen LogP contribution in [0.2, 0.25) is 5.02 Å². The number of hydrogen-bond donors (Lipinski definition) is 2. The van der Waals surface area contributed by atoms with Crippen LogP contribution in [0.5, 0.6) is 0 Å². The van der Waals surface area contributed by atoms with Gasteiger partial charge >= 0.3 is 0 Å². The van der Waals surface area contributed by atoms with Gasteiger partial charge in [-0.3, -0.25) is 4.98 Å². The third-order valence-corrected chi connectivity index (χ3v) is 6.71. The van der Waals surface area contributed by atoms with Crippen LogP contribution in [0.4, 0.5) is 20.3 Å². The van der Waals surface area contributed by atoms with E-state index in [0.29, 0.717) is 53.7 Å². The Bertz CT molecular complexity index is 1150. The average molecular weight is 505 g/mol. The monoisotopic (exact) mass is 504 g/mol. The van der Waals surface area contributed by atoms with Gasteiger partial charge in [-0.1, -0.05) is 17.7 Å². The number of fused-ring (bicyclic) bond motifs is 1. The number of likely N-dealkylation sites (N-methyl/N-ethyl adjacent to an activating group) is 1. The predicted molar refractivity (Wildman–Crippen MR) is 137 cm³/mol. The number of benzene rings is 1. The maximum Gasteiger partial charge on any atom is 0.253 e. The lowest BCUT2D eigenvalue weighted by atomic mass is 9.96. The summed E-state index contributed by atoms with van der Waals surface area (Å²) in [6.07, 6.45) is 3.39. The second-order valence-electron chi connectivity index (χ2n) is 8.65. The smallest absolute Gasteiger partial charge is 0.253 e. The maximum atomic E-state index is 14.6. The zero-order valence-corrected chi connectivity index (χ0v) is 20.8. The van der Waals surface area contributed by atoms with Crippen LogP contribution < -0.4 is 15.5 Å². The highest BCUT2D eigenvalue weighted by Crippen LogP contribution is 2.34. The zero-order valence-electron chi connectivity index (χ0n) is 20.0. The van der Waals surface area contributed by atoms with E-state index in [1.54, 1.807) is 19.5 Å². The third-order valence-electron chi connectivity index (χ3n) is 6.41. The van der Waals surface area contributed by atoms with Crippen molar-refractivity contribution in [3.8, 4) is 11.3 Å². The SMILES string of the molecule is CCN(CCOC)c1ccc(-c2cc3nccnc3c(NCC3CCNCCC3(F)F)n2)cc1Cl. The summed E-state index contributed by atoms with van der Waals surface area (Å²) in [5, 5.41) is 6.81. The molecule has 0 aliphatic carbocycles. The fourth-order valence-electron chi connectivity index (χ4n) is 4.36. The van der Waals surface area contributed by atoms with Crippen LogP contribution in [-0.2, 0) is 4.74 Å². The highest BCUT2D eigenvalue weighted by molar-refractivity contribution is 6.33. The van der Waals surface area contributed by atoms with Crippen molar-refractivity contribution in [2.45, 2.75) is 25.7 Å². The topological polar surface area (TPSA) is 75.2 Å². The van der Waals surface area contributed by atoms with Crippen LogP contribution in [0.15, 0.2) is 36.7 Å². The van der Waals surface area contributed by atoms with Gasteiger partial charge in [-0.2, -0.15) is 0 Å². The van der Waals surface area contributed by atoms with Gasteiger partial charge in [-0.15, -0.1) is 0 Å².